The summed E-state index contributed by atoms with van der Waals surface area (Å²) in [5.41, 5.74) is 0.371. The molecule has 1 rings (SSSR count). The molecule has 0 N–H and O–H groups in total. The minimum atomic E-state index is 0.371. The largest absolute Gasteiger partial charge is 0.294 e. The Balaban J connectivity index is 2.81. The third-order valence-electron chi connectivity index (χ3n) is 3.24. The molecule has 0 radical (unpaired) electrons. The summed E-state index contributed by atoms with van der Waals surface area (Å²) in [6, 6.07) is 0.506. The first-order chi connectivity index (χ1) is 6.82. The Morgan fingerprint density at radius 3 is 2.33 bits per heavy atom. The van der Waals surface area contributed by atoms with Crippen LogP contribution in [0.15, 0.2) is 5.10 Å². The van der Waals surface area contributed by atoms with Crippen molar-refractivity contribution in [2.75, 3.05) is 6.54 Å². The van der Waals surface area contributed by atoms with Crippen LogP contribution in [-0.4, -0.2) is 23.8 Å². The van der Waals surface area contributed by atoms with Gasteiger partial charge in [0.2, 0.25) is 0 Å². The highest BCUT2D eigenvalue weighted by molar-refractivity contribution is 5.61. The summed E-state index contributed by atoms with van der Waals surface area (Å²) in [5, 5.41) is 6.85. The van der Waals surface area contributed by atoms with Crippen LogP contribution in [0.4, 0.5) is 0 Å². The van der Waals surface area contributed by atoms with Crippen LogP contribution in [0.3, 0.4) is 0 Å². The van der Waals surface area contributed by atoms with Crippen molar-refractivity contribution in [3.8, 4) is 0 Å². The lowest BCUT2D eigenvalue weighted by atomic mass is 9.79. The predicted octanol–water partition coefficient (Wildman–Crippen LogP) is 3.38. The Kier molecular flexibility index (Phi) is 3.80. The van der Waals surface area contributed by atoms with Gasteiger partial charge >= 0.3 is 0 Å². The fraction of sp³-hybridized carbons (Fsp3) is 0.923. The number of hydrogen-bond donors (Lipinski definition) is 0. The van der Waals surface area contributed by atoms with Gasteiger partial charge < -0.3 is 0 Å². The Morgan fingerprint density at radius 2 is 1.87 bits per heavy atom. The first kappa shape index (κ1) is 12.5. The average Bonchev–Trinajstić information content (AvgIpc) is 2.23. The van der Waals surface area contributed by atoms with Gasteiger partial charge in [-0.1, -0.05) is 27.7 Å². The van der Waals surface area contributed by atoms with Crippen LogP contribution in [0.2, 0.25) is 0 Å². The van der Waals surface area contributed by atoms with Crippen LogP contribution in [0.5, 0.6) is 0 Å². The lowest BCUT2D eigenvalue weighted by Crippen LogP contribution is -2.34. The summed E-state index contributed by atoms with van der Waals surface area (Å²) in [7, 11) is 0. The van der Waals surface area contributed by atoms with Crippen molar-refractivity contribution < 1.29 is 0 Å². The highest BCUT2D eigenvalue weighted by Gasteiger charge is 2.29. The summed E-state index contributed by atoms with van der Waals surface area (Å²) < 4.78 is 0. The van der Waals surface area contributed by atoms with Crippen molar-refractivity contribution in [2.24, 2.45) is 22.4 Å². The summed E-state index contributed by atoms with van der Waals surface area (Å²) in [6.07, 6.45) is 3.41. The molecular weight excluding hydrogens is 184 g/mol. The number of hydrogen-bond acceptors (Lipinski definition) is 2. The topological polar surface area (TPSA) is 15.6 Å². The van der Waals surface area contributed by atoms with Gasteiger partial charge in [-0.2, -0.15) is 5.10 Å². The molecular formula is C13H26N2. The number of rotatable bonds is 2. The van der Waals surface area contributed by atoms with Crippen molar-refractivity contribution in [2.45, 2.75) is 54.0 Å². The zero-order valence-corrected chi connectivity index (χ0v) is 11.1. The van der Waals surface area contributed by atoms with Crippen molar-refractivity contribution >= 4 is 6.21 Å². The molecule has 0 saturated heterocycles. The van der Waals surface area contributed by atoms with E-state index < -0.39 is 0 Å². The van der Waals surface area contributed by atoms with E-state index in [-0.39, 0.29) is 0 Å². The fourth-order valence-electron chi connectivity index (χ4n) is 2.13. The quantitative estimate of drug-likeness (QED) is 0.682. The molecule has 1 aliphatic heterocycles. The van der Waals surface area contributed by atoms with E-state index in [1.807, 2.05) is 0 Å². The van der Waals surface area contributed by atoms with E-state index in [4.69, 9.17) is 0 Å². The van der Waals surface area contributed by atoms with Crippen molar-refractivity contribution in [1.29, 1.82) is 0 Å². The molecule has 0 spiro atoms. The van der Waals surface area contributed by atoms with Crippen molar-refractivity contribution in [3.63, 3.8) is 0 Å². The Bertz CT molecular complexity index is 207. The molecule has 1 unspecified atom stereocenters. The summed E-state index contributed by atoms with van der Waals surface area (Å²) in [5.74, 6) is 1.32. The first-order valence-electron chi connectivity index (χ1n) is 6.12. The van der Waals surface area contributed by atoms with Gasteiger partial charge in [-0.3, -0.25) is 5.01 Å². The second-order valence-electron chi connectivity index (χ2n) is 6.23. The van der Waals surface area contributed by atoms with E-state index in [9.17, 15) is 0 Å². The van der Waals surface area contributed by atoms with Crippen LogP contribution < -0.4 is 0 Å². The smallest absolute Gasteiger partial charge is 0.0414 e. The normalized spacial score (nSPS) is 26.1. The molecule has 1 atom stereocenters. The maximum Gasteiger partial charge on any atom is 0.0414 e. The van der Waals surface area contributed by atoms with E-state index in [2.05, 4.69) is 57.9 Å². The van der Waals surface area contributed by atoms with Crippen LogP contribution in [0.1, 0.15) is 48.0 Å². The van der Waals surface area contributed by atoms with E-state index in [0.29, 0.717) is 23.3 Å². The van der Waals surface area contributed by atoms with Gasteiger partial charge in [0.25, 0.3) is 0 Å². The summed E-state index contributed by atoms with van der Waals surface area (Å²) >= 11 is 0. The molecule has 0 aliphatic carbocycles. The van der Waals surface area contributed by atoms with Crippen molar-refractivity contribution in [3.05, 3.63) is 0 Å². The van der Waals surface area contributed by atoms with E-state index in [1.165, 1.54) is 6.42 Å². The van der Waals surface area contributed by atoms with Gasteiger partial charge in [0, 0.05) is 18.8 Å². The van der Waals surface area contributed by atoms with Gasteiger partial charge in [0.1, 0.15) is 0 Å². The number of hydrazone groups is 1. The van der Waals surface area contributed by atoms with Crippen LogP contribution in [0, 0.1) is 17.3 Å². The minimum Gasteiger partial charge on any atom is -0.294 e. The van der Waals surface area contributed by atoms with Gasteiger partial charge in [-0.05, 0) is 37.5 Å². The fourth-order valence-corrected chi connectivity index (χ4v) is 2.13. The lowest BCUT2D eigenvalue weighted by Gasteiger charge is -2.32. The van der Waals surface area contributed by atoms with E-state index in [1.54, 1.807) is 0 Å². The molecule has 2 heteroatoms. The van der Waals surface area contributed by atoms with E-state index >= 15 is 0 Å². The molecule has 88 valence electrons. The molecule has 1 aliphatic rings. The zero-order valence-electron chi connectivity index (χ0n) is 11.1. The number of nitrogens with zero attached hydrogens (tertiary/aromatic N) is 2. The molecule has 0 aromatic heterocycles. The Morgan fingerprint density at radius 1 is 1.27 bits per heavy atom. The third-order valence-corrected chi connectivity index (χ3v) is 3.24. The van der Waals surface area contributed by atoms with Crippen molar-refractivity contribution in [1.82, 2.24) is 5.01 Å². The molecule has 1 heterocycles. The standard InChI is InChI=1S/C13H26N2/c1-10(2)12-7-13(5,6)9-15(11(3)4)14-8-12/h8,10-12H,7,9H2,1-6H3. The molecule has 0 saturated carbocycles. The first-order valence-corrected chi connectivity index (χ1v) is 6.12. The minimum absolute atomic E-state index is 0.371. The molecule has 0 fully saturated rings. The molecule has 0 bridgehead atoms. The van der Waals surface area contributed by atoms with Crippen LogP contribution in [0.25, 0.3) is 0 Å². The van der Waals surface area contributed by atoms with Gasteiger partial charge in [0.05, 0.1) is 0 Å². The summed E-state index contributed by atoms with van der Waals surface area (Å²) in [4.78, 5) is 0. The molecule has 2 nitrogen and oxygen atoms in total. The van der Waals surface area contributed by atoms with Gasteiger partial charge in [-0.15, -0.1) is 0 Å². The highest BCUT2D eigenvalue weighted by Crippen LogP contribution is 2.32. The second-order valence-corrected chi connectivity index (χ2v) is 6.23. The highest BCUT2D eigenvalue weighted by atomic mass is 15.5. The van der Waals surface area contributed by atoms with Gasteiger partial charge in [-0.25, -0.2) is 0 Å². The zero-order chi connectivity index (χ0) is 11.6. The third kappa shape index (κ3) is 3.51. The monoisotopic (exact) mass is 210 g/mol. The van der Waals surface area contributed by atoms with E-state index in [0.717, 1.165) is 6.54 Å². The van der Waals surface area contributed by atoms with Crippen LogP contribution >= 0.6 is 0 Å². The van der Waals surface area contributed by atoms with Gasteiger partial charge in [0.15, 0.2) is 0 Å². The van der Waals surface area contributed by atoms with Crippen LogP contribution in [-0.2, 0) is 0 Å². The maximum atomic E-state index is 4.63. The second kappa shape index (κ2) is 4.54. The Hall–Kier alpha value is -0.530. The maximum absolute atomic E-state index is 4.63. The molecule has 0 aromatic carbocycles. The molecule has 15 heavy (non-hydrogen) atoms. The molecule has 0 aromatic rings. The SMILES string of the molecule is CC(C)C1C=NN(C(C)C)CC(C)(C)C1. The predicted molar refractivity (Wildman–Crippen MR) is 67.1 cm³/mol. The lowest BCUT2D eigenvalue weighted by molar-refractivity contribution is 0.143. The summed E-state index contributed by atoms with van der Waals surface area (Å²) in [6.45, 7) is 14.8. The Labute approximate surface area is 94.7 Å². The average molecular weight is 210 g/mol. The molecule has 0 amide bonds.